The standard InChI is InChI=1S/C18H12Cl2N2O4S2.C7H8N2O/c1-8(21-22-17(24)13-4-5-14(28-13)18(25)26)10-7-27-16(15(10)23)9-2-3-11(19)12(20)6-9;8-7(10)5-6-1-3-9-4-2-6/h2-7,23H,1H3,(H,22,24)(H,25,26);1-4H,5H2,(H2,8,10). The molecule has 0 saturated heterocycles. The second kappa shape index (κ2) is 13.2. The topological polar surface area (TPSA) is 155 Å². The summed E-state index contributed by atoms with van der Waals surface area (Å²) in [5.41, 5.74) is 9.80. The van der Waals surface area contributed by atoms with Gasteiger partial charge in [0.05, 0.1) is 37.5 Å². The zero-order valence-electron chi connectivity index (χ0n) is 19.6. The summed E-state index contributed by atoms with van der Waals surface area (Å²) in [5.74, 6) is -1.92. The van der Waals surface area contributed by atoms with Gasteiger partial charge in [0.15, 0.2) is 0 Å². The zero-order valence-corrected chi connectivity index (χ0v) is 22.8. The molecule has 3 heterocycles. The summed E-state index contributed by atoms with van der Waals surface area (Å²) in [6.07, 6.45) is 3.57. The Kier molecular flexibility index (Phi) is 9.97. The number of carboxylic acids is 1. The molecule has 0 bridgehead atoms. The summed E-state index contributed by atoms with van der Waals surface area (Å²) in [6.45, 7) is 1.64. The summed E-state index contributed by atoms with van der Waals surface area (Å²) in [4.78, 5) is 38.1. The number of aromatic hydroxyl groups is 1. The van der Waals surface area contributed by atoms with Crippen molar-refractivity contribution in [1.29, 1.82) is 0 Å². The van der Waals surface area contributed by atoms with Gasteiger partial charge in [-0.1, -0.05) is 29.3 Å². The fourth-order valence-corrected chi connectivity index (χ4v) is 5.01. The molecule has 3 aromatic heterocycles. The number of hydrazone groups is 1. The van der Waals surface area contributed by atoms with Crippen molar-refractivity contribution in [3.05, 3.63) is 91.2 Å². The number of aromatic nitrogens is 1. The van der Waals surface area contributed by atoms with Crippen LogP contribution in [0.5, 0.6) is 5.75 Å². The van der Waals surface area contributed by atoms with Crippen LogP contribution in [0.4, 0.5) is 0 Å². The third kappa shape index (κ3) is 7.62. The molecule has 0 spiro atoms. The molecule has 0 unspecified atom stereocenters. The molecular formula is C25H20Cl2N4O5S2. The Morgan fingerprint density at radius 1 is 1.05 bits per heavy atom. The van der Waals surface area contributed by atoms with Crippen LogP contribution in [-0.2, 0) is 11.2 Å². The van der Waals surface area contributed by atoms with Crippen LogP contribution in [0.2, 0.25) is 10.0 Å². The SMILES string of the molecule is CC(=NNC(=O)c1ccc(C(=O)O)s1)c1csc(-c2ccc(Cl)c(Cl)c2)c1O.NC(=O)Cc1ccncc1. The van der Waals surface area contributed by atoms with Crippen LogP contribution in [0.25, 0.3) is 10.4 Å². The van der Waals surface area contributed by atoms with E-state index in [1.165, 1.54) is 23.5 Å². The number of carboxylic acid groups (broad SMARTS) is 1. The molecule has 0 atom stereocenters. The third-order valence-corrected chi connectivity index (χ3v) is 7.66. The van der Waals surface area contributed by atoms with Gasteiger partial charge in [0.25, 0.3) is 5.91 Å². The van der Waals surface area contributed by atoms with Gasteiger partial charge in [0.1, 0.15) is 10.6 Å². The molecule has 4 aromatic rings. The maximum absolute atomic E-state index is 12.1. The molecule has 38 heavy (non-hydrogen) atoms. The van der Waals surface area contributed by atoms with Gasteiger partial charge in [0.2, 0.25) is 5.91 Å². The highest BCUT2D eigenvalue weighted by atomic mass is 35.5. The minimum atomic E-state index is -1.10. The molecule has 0 aliphatic carbocycles. The molecule has 0 aliphatic rings. The van der Waals surface area contributed by atoms with E-state index < -0.39 is 11.9 Å². The molecule has 0 radical (unpaired) electrons. The van der Waals surface area contributed by atoms with Crippen molar-refractivity contribution in [3.8, 4) is 16.2 Å². The van der Waals surface area contributed by atoms with Gasteiger partial charge in [-0.2, -0.15) is 5.10 Å². The van der Waals surface area contributed by atoms with E-state index in [1.807, 2.05) is 0 Å². The van der Waals surface area contributed by atoms with Gasteiger partial charge < -0.3 is 15.9 Å². The number of nitrogens with two attached hydrogens (primary N) is 1. The van der Waals surface area contributed by atoms with Gasteiger partial charge in [0, 0.05) is 17.8 Å². The lowest BCUT2D eigenvalue weighted by atomic mass is 10.1. The Bertz CT molecular complexity index is 1500. The van der Waals surface area contributed by atoms with Crippen LogP contribution < -0.4 is 11.2 Å². The highest BCUT2D eigenvalue weighted by Crippen LogP contribution is 2.40. The normalized spacial score (nSPS) is 10.9. The van der Waals surface area contributed by atoms with E-state index in [2.05, 4.69) is 15.5 Å². The number of rotatable bonds is 7. The van der Waals surface area contributed by atoms with Gasteiger partial charge in [-0.3, -0.25) is 14.6 Å². The van der Waals surface area contributed by atoms with Crippen LogP contribution in [0.3, 0.4) is 0 Å². The lowest BCUT2D eigenvalue weighted by molar-refractivity contribution is -0.117. The first-order valence-electron chi connectivity index (χ1n) is 10.7. The van der Waals surface area contributed by atoms with E-state index >= 15 is 0 Å². The van der Waals surface area contributed by atoms with Crippen molar-refractivity contribution < 1.29 is 24.6 Å². The summed E-state index contributed by atoms with van der Waals surface area (Å²) in [5, 5.41) is 26.0. The number of primary amides is 1. The largest absolute Gasteiger partial charge is 0.506 e. The van der Waals surface area contributed by atoms with E-state index in [4.69, 9.17) is 34.0 Å². The maximum Gasteiger partial charge on any atom is 0.345 e. The number of aromatic carboxylic acids is 1. The van der Waals surface area contributed by atoms with Crippen LogP contribution in [-0.4, -0.2) is 38.7 Å². The summed E-state index contributed by atoms with van der Waals surface area (Å²) in [6, 6.07) is 11.4. The van der Waals surface area contributed by atoms with Crippen molar-refractivity contribution >= 4 is 69.4 Å². The van der Waals surface area contributed by atoms with Crippen LogP contribution in [0, 0.1) is 0 Å². The Labute approximate surface area is 235 Å². The first kappa shape index (κ1) is 28.8. The van der Waals surface area contributed by atoms with E-state index in [-0.39, 0.29) is 21.4 Å². The summed E-state index contributed by atoms with van der Waals surface area (Å²) in [7, 11) is 0. The molecule has 9 nitrogen and oxygen atoms in total. The number of pyridine rings is 1. The highest BCUT2D eigenvalue weighted by Gasteiger charge is 2.17. The summed E-state index contributed by atoms with van der Waals surface area (Å²) < 4.78 is 0. The number of hydrogen-bond acceptors (Lipinski definition) is 8. The quantitative estimate of drug-likeness (QED) is 0.166. The van der Waals surface area contributed by atoms with Gasteiger partial charge in [-0.25, -0.2) is 10.2 Å². The number of nitrogens with zero attached hydrogens (tertiary/aromatic N) is 2. The number of halogens is 2. The second-order valence-electron chi connectivity index (χ2n) is 7.56. The minimum Gasteiger partial charge on any atom is -0.506 e. The van der Waals surface area contributed by atoms with E-state index in [1.54, 1.807) is 55.0 Å². The number of hydrogen-bond donors (Lipinski definition) is 4. The molecule has 5 N–H and O–H groups in total. The molecular weight excluding hydrogens is 571 g/mol. The average Bonchev–Trinajstić information content (AvgIpc) is 3.52. The van der Waals surface area contributed by atoms with Crippen molar-refractivity contribution in [2.24, 2.45) is 10.8 Å². The Morgan fingerprint density at radius 3 is 2.34 bits per heavy atom. The Morgan fingerprint density at radius 2 is 1.74 bits per heavy atom. The molecule has 2 amide bonds. The van der Waals surface area contributed by atoms with Gasteiger partial charge >= 0.3 is 5.97 Å². The molecule has 13 heteroatoms. The Balaban J connectivity index is 0.000000336. The summed E-state index contributed by atoms with van der Waals surface area (Å²) >= 11 is 14.1. The van der Waals surface area contributed by atoms with Crippen molar-refractivity contribution in [3.63, 3.8) is 0 Å². The second-order valence-corrected chi connectivity index (χ2v) is 10.3. The number of nitrogens with one attached hydrogen (secondary N) is 1. The molecule has 1 aromatic carbocycles. The van der Waals surface area contributed by atoms with Crippen molar-refractivity contribution in [2.75, 3.05) is 0 Å². The first-order valence-corrected chi connectivity index (χ1v) is 13.1. The molecule has 196 valence electrons. The minimum absolute atomic E-state index is 0.0168. The predicted octanol–water partition coefficient (Wildman–Crippen LogP) is 5.45. The van der Waals surface area contributed by atoms with Crippen molar-refractivity contribution in [1.82, 2.24) is 10.4 Å². The highest BCUT2D eigenvalue weighted by molar-refractivity contribution is 7.15. The maximum atomic E-state index is 12.1. The monoisotopic (exact) mass is 590 g/mol. The van der Waals surface area contributed by atoms with Crippen LogP contribution >= 0.6 is 45.9 Å². The molecule has 0 aliphatic heterocycles. The van der Waals surface area contributed by atoms with Crippen molar-refractivity contribution in [2.45, 2.75) is 13.3 Å². The first-order chi connectivity index (χ1) is 18.1. The third-order valence-electron chi connectivity index (χ3n) is 4.83. The number of amides is 2. The fourth-order valence-electron chi connectivity index (χ4n) is 2.98. The van der Waals surface area contributed by atoms with Crippen LogP contribution in [0.15, 0.2) is 65.3 Å². The number of carbonyl (C=O) groups excluding carboxylic acids is 2. The zero-order chi connectivity index (χ0) is 27.8. The molecule has 0 fully saturated rings. The van der Waals surface area contributed by atoms with E-state index in [9.17, 15) is 19.5 Å². The number of thiophene rings is 2. The lowest BCUT2D eigenvalue weighted by Crippen LogP contribution is -2.18. The van der Waals surface area contributed by atoms with E-state index in [0.29, 0.717) is 38.2 Å². The average molecular weight is 591 g/mol. The molecule has 0 saturated carbocycles. The molecule has 4 rings (SSSR count). The van der Waals surface area contributed by atoms with Gasteiger partial charge in [-0.05, 0) is 54.4 Å². The smallest absolute Gasteiger partial charge is 0.345 e. The predicted molar refractivity (Wildman–Crippen MR) is 150 cm³/mol. The van der Waals surface area contributed by atoms with E-state index in [0.717, 1.165) is 16.9 Å². The Hall–Kier alpha value is -3.77. The fraction of sp³-hybridized carbons (Fsp3) is 0.0800. The van der Waals surface area contributed by atoms with Crippen LogP contribution in [0.1, 0.15) is 37.4 Å². The van der Waals surface area contributed by atoms with Gasteiger partial charge in [-0.15, -0.1) is 22.7 Å². The number of carbonyl (C=O) groups is 3. The lowest BCUT2D eigenvalue weighted by Gasteiger charge is -2.04. The number of benzene rings is 1.